The third-order valence-electron chi connectivity index (χ3n) is 4.45. The third kappa shape index (κ3) is 2.85. The van der Waals surface area contributed by atoms with Gasteiger partial charge in [-0.25, -0.2) is 4.98 Å². The summed E-state index contributed by atoms with van der Waals surface area (Å²) in [4.78, 5) is 18.9. The number of hydrogen-bond donors (Lipinski definition) is 1. The number of nitrogens with one attached hydrogen (secondary N) is 1. The maximum Gasteiger partial charge on any atom is 0.237 e. The normalized spacial score (nSPS) is 19.6. The number of nitrogens with zero attached hydrogens (tertiary/aromatic N) is 2. The molecule has 1 amide bonds. The third-order valence-corrected chi connectivity index (χ3v) is 5.39. The Labute approximate surface area is 144 Å². The van der Waals surface area contributed by atoms with Crippen LogP contribution in [0.1, 0.15) is 18.5 Å². The molecule has 1 fully saturated rings. The molecule has 1 saturated heterocycles. The van der Waals surface area contributed by atoms with Gasteiger partial charge in [0.05, 0.1) is 11.7 Å². The molecule has 3 heterocycles. The van der Waals surface area contributed by atoms with Crippen molar-refractivity contribution in [3.63, 3.8) is 0 Å². The van der Waals surface area contributed by atoms with E-state index in [4.69, 9.17) is 14.5 Å². The minimum atomic E-state index is -0.0364. The lowest BCUT2D eigenvalue weighted by molar-refractivity contribution is -0.125. The van der Waals surface area contributed by atoms with E-state index in [9.17, 15) is 4.79 Å². The van der Waals surface area contributed by atoms with Gasteiger partial charge in [0.25, 0.3) is 0 Å². The predicted molar refractivity (Wildman–Crippen MR) is 91.2 cm³/mol. The average molecular weight is 345 g/mol. The summed E-state index contributed by atoms with van der Waals surface area (Å²) in [6.45, 7) is 1.92. The van der Waals surface area contributed by atoms with Crippen molar-refractivity contribution >= 4 is 17.2 Å². The molecule has 1 aromatic carbocycles. The van der Waals surface area contributed by atoms with E-state index in [1.165, 1.54) is 0 Å². The Hall–Kier alpha value is -2.12. The number of ether oxygens (including phenoxy) is 2. The standard InChI is InChI=1S/C17H19N3O3S/c1-18-16(21)13-3-2-6-20(13)8-12-9-24-17(19-12)11-4-5-14-15(7-11)23-10-22-14/h4-5,7,9,13H,2-3,6,8,10H2,1H3,(H,18,21)/t13-/m1/s1. The zero-order chi connectivity index (χ0) is 16.5. The number of aromatic nitrogens is 1. The van der Waals surface area contributed by atoms with Crippen molar-refractivity contribution in [1.82, 2.24) is 15.2 Å². The van der Waals surface area contributed by atoms with Crippen LogP contribution in [0.5, 0.6) is 11.5 Å². The van der Waals surface area contributed by atoms with Crippen molar-refractivity contribution in [2.24, 2.45) is 0 Å². The predicted octanol–water partition coefficient (Wildman–Crippen LogP) is 2.25. The number of fused-ring (bicyclic) bond motifs is 1. The van der Waals surface area contributed by atoms with Gasteiger partial charge in [-0.1, -0.05) is 0 Å². The fraction of sp³-hybridized carbons (Fsp3) is 0.412. The molecule has 0 aliphatic carbocycles. The van der Waals surface area contributed by atoms with Crippen LogP contribution in [-0.2, 0) is 11.3 Å². The fourth-order valence-electron chi connectivity index (χ4n) is 3.23. The van der Waals surface area contributed by atoms with Gasteiger partial charge in [0.2, 0.25) is 12.7 Å². The molecule has 2 aromatic rings. The second-order valence-corrected chi connectivity index (χ2v) is 6.81. The molecule has 126 valence electrons. The fourth-order valence-corrected chi connectivity index (χ4v) is 4.04. The van der Waals surface area contributed by atoms with Crippen LogP contribution >= 0.6 is 11.3 Å². The SMILES string of the molecule is CNC(=O)[C@H]1CCCN1Cc1csc(-c2ccc3c(c2)OCO3)n1. The summed E-state index contributed by atoms with van der Waals surface area (Å²) in [7, 11) is 1.69. The quantitative estimate of drug-likeness (QED) is 0.921. The molecule has 1 N–H and O–H groups in total. The van der Waals surface area contributed by atoms with E-state index in [0.717, 1.165) is 47.2 Å². The number of thiazole rings is 1. The first-order chi connectivity index (χ1) is 11.7. The molecule has 4 rings (SSSR count). The molecule has 7 heteroatoms. The Bertz CT molecular complexity index is 761. The van der Waals surface area contributed by atoms with E-state index in [1.54, 1.807) is 18.4 Å². The van der Waals surface area contributed by atoms with Crippen LogP contribution in [0, 0.1) is 0 Å². The van der Waals surface area contributed by atoms with Crippen molar-refractivity contribution < 1.29 is 14.3 Å². The van der Waals surface area contributed by atoms with Gasteiger partial charge in [-0.15, -0.1) is 11.3 Å². The average Bonchev–Trinajstić information content (AvgIpc) is 3.34. The minimum absolute atomic E-state index is 0.0364. The molecule has 6 nitrogen and oxygen atoms in total. The van der Waals surface area contributed by atoms with E-state index < -0.39 is 0 Å². The first-order valence-corrected chi connectivity index (χ1v) is 8.92. The Morgan fingerprint density at radius 3 is 3.17 bits per heavy atom. The van der Waals surface area contributed by atoms with Gasteiger partial charge >= 0.3 is 0 Å². The number of carbonyl (C=O) groups is 1. The van der Waals surface area contributed by atoms with Crippen molar-refractivity contribution in [1.29, 1.82) is 0 Å². The molecule has 1 aromatic heterocycles. The monoisotopic (exact) mass is 345 g/mol. The van der Waals surface area contributed by atoms with Gasteiger partial charge < -0.3 is 14.8 Å². The molecule has 0 bridgehead atoms. The molecule has 0 saturated carbocycles. The molecule has 1 atom stereocenters. The van der Waals surface area contributed by atoms with Crippen molar-refractivity contribution in [2.75, 3.05) is 20.4 Å². The van der Waals surface area contributed by atoms with E-state index in [-0.39, 0.29) is 18.7 Å². The second-order valence-electron chi connectivity index (χ2n) is 5.95. The summed E-state index contributed by atoms with van der Waals surface area (Å²) in [5.74, 6) is 1.64. The Morgan fingerprint density at radius 2 is 2.29 bits per heavy atom. The summed E-state index contributed by atoms with van der Waals surface area (Å²) in [6, 6.07) is 5.85. The number of rotatable bonds is 4. The molecular formula is C17H19N3O3S. The molecule has 24 heavy (non-hydrogen) atoms. The first-order valence-electron chi connectivity index (χ1n) is 8.04. The summed E-state index contributed by atoms with van der Waals surface area (Å²) < 4.78 is 10.8. The smallest absolute Gasteiger partial charge is 0.237 e. The van der Waals surface area contributed by atoms with Crippen LogP contribution < -0.4 is 14.8 Å². The van der Waals surface area contributed by atoms with Crippen molar-refractivity contribution in [3.8, 4) is 22.1 Å². The zero-order valence-electron chi connectivity index (χ0n) is 13.4. The van der Waals surface area contributed by atoms with Crippen molar-refractivity contribution in [3.05, 3.63) is 29.3 Å². The lowest BCUT2D eigenvalue weighted by atomic mass is 10.2. The number of likely N-dealkylation sites (N-methyl/N-ethyl adjacent to an activating group) is 1. The van der Waals surface area contributed by atoms with Crippen LogP contribution in [-0.4, -0.2) is 42.2 Å². The molecule has 2 aliphatic heterocycles. The summed E-state index contributed by atoms with van der Waals surface area (Å²) in [5.41, 5.74) is 2.03. The highest BCUT2D eigenvalue weighted by atomic mass is 32.1. The maximum absolute atomic E-state index is 12.0. The molecule has 0 radical (unpaired) electrons. The summed E-state index contributed by atoms with van der Waals surface area (Å²) >= 11 is 1.61. The van der Waals surface area contributed by atoms with Gasteiger partial charge in [-0.05, 0) is 37.6 Å². The van der Waals surface area contributed by atoms with Crippen LogP contribution in [0.2, 0.25) is 0 Å². The van der Waals surface area contributed by atoms with Gasteiger partial charge in [-0.3, -0.25) is 9.69 Å². The van der Waals surface area contributed by atoms with Gasteiger partial charge in [0, 0.05) is 24.5 Å². The molecular weight excluding hydrogens is 326 g/mol. The summed E-state index contributed by atoms with van der Waals surface area (Å²) in [6.07, 6.45) is 1.97. The van der Waals surface area contributed by atoms with Gasteiger partial charge in [0.15, 0.2) is 11.5 Å². The van der Waals surface area contributed by atoms with Gasteiger partial charge in [-0.2, -0.15) is 0 Å². The Morgan fingerprint density at radius 1 is 1.42 bits per heavy atom. The highest BCUT2D eigenvalue weighted by Gasteiger charge is 2.30. The highest BCUT2D eigenvalue weighted by molar-refractivity contribution is 7.13. The lowest BCUT2D eigenvalue weighted by Crippen LogP contribution is -2.41. The van der Waals surface area contributed by atoms with Crippen LogP contribution in [0.15, 0.2) is 23.6 Å². The number of likely N-dealkylation sites (tertiary alicyclic amines) is 1. The summed E-state index contributed by atoms with van der Waals surface area (Å²) in [5, 5.41) is 5.78. The van der Waals surface area contributed by atoms with Crippen LogP contribution in [0.3, 0.4) is 0 Å². The molecule has 2 aliphatic rings. The number of amides is 1. The number of hydrogen-bond acceptors (Lipinski definition) is 6. The van der Waals surface area contributed by atoms with Gasteiger partial charge in [0.1, 0.15) is 5.01 Å². The molecule has 0 spiro atoms. The molecule has 0 unspecified atom stereocenters. The number of carbonyl (C=O) groups excluding carboxylic acids is 1. The minimum Gasteiger partial charge on any atom is -0.454 e. The topological polar surface area (TPSA) is 63.7 Å². The highest BCUT2D eigenvalue weighted by Crippen LogP contribution is 2.36. The maximum atomic E-state index is 12.0. The lowest BCUT2D eigenvalue weighted by Gasteiger charge is -2.21. The van der Waals surface area contributed by atoms with E-state index >= 15 is 0 Å². The van der Waals surface area contributed by atoms with E-state index in [0.29, 0.717) is 6.54 Å². The van der Waals surface area contributed by atoms with Crippen LogP contribution in [0.4, 0.5) is 0 Å². The largest absolute Gasteiger partial charge is 0.454 e. The Balaban J connectivity index is 1.50. The van der Waals surface area contributed by atoms with Crippen LogP contribution in [0.25, 0.3) is 10.6 Å². The Kier molecular flexibility index (Phi) is 4.12. The first kappa shape index (κ1) is 15.4. The number of benzene rings is 1. The van der Waals surface area contributed by atoms with Crippen molar-refractivity contribution in [2.45, 2.75) is 25.4 Å². The zero-order valence-corrected chi connectivity index (χ0v) is 14.3. The second kappa shape index (κ2) is 6.41. The van der Waals surface area contributed by atoms with E-state index in [2.05, 4.69) is 15.6 Å². The van der Waals surface area contributed by atoms with E-state index in [1.807, 2.05) is 18.2 Å².